The summed E-state index contributed by atoms with van der Waals surface area (Å²) < 4.78 is 18.2. The van der Waals surface area contributed by atoms with Crippen LogP contribution in [0.4, 0.5) is 17.2 Å². The average molecular weight is 523 g/mol. The van der Waals surface area contributed by atoms with Crippen LogP contribution in [0.3, 0.4) is 0 Å². The Morgan fingerprint density at radius 3 is 2.51 bits per heavy atom. The SMILES string of the molecule is COc1ccc(Nc2ncccc2NC(=O)c2cn(Cc3cccc(Oc4ccccc4)c3)nn2)cc1OC. The summed E-state index contributed by atoms with van der Waals surface area (Å²) in [6, 6.07) is 26.1. The first-order valence-corrected chi connectivity index (χ1v) is 12.1. The van der Waals surface area contributed by atoms with Gasteiger partial charge in [0.2, 0.25) is 0 Å². The minimum atomic E-state index is -0.411. The van der Waals surface area contributed by atoms with Crippen molar-refractivity contribution in [3.05, 3.63) is 109 Å². The molecule has 1 amide bonds. The summed E-state index contributed by atoms with van der Waals surface area (Å²) in [6.07, 6.45) is 3.22. The van der Waals surface area contributed by atoms with Crippen LogP contribution in [0.15, 0.2) is 97.3 Å². The Balaban J connectivity index is 1.25. The van der Waals surface area contributed by atoms with Crippen molar-refractivity contribution in [2.24, 2.45) is 0 Å². The second-order valence-corrected chi connectivity index (χ2v) is 8.41. The summed E-state index contributed by atoms with van der Waals surface area (Å²) in [6.45, 7) is 0.422. The van der Waals surface area contributed by atoms with Gasteiger partial charge in [0.1, 0.15) is 11.5 Å². The Morgan fingerprint density at radius 1 is 0.872 bits per heavy atom. The van der Waals surface area contributed by atoms with Gasteiger partial charge >= 0.3 is 0 Å². The van der Waals surface area contributed by atoms with Crippen LogP contribution in [0.2, 0.25) is 0 Å². The molecule has 0 saturated carbocycles. The third-order valence-corrected chi connectivity index (χ3v) is 5.70. The van der Waals surface area contributed by atoms with Crippen LogP contribution in [0.1, 0.15) is 16.1 Å². The molecule has 10 heteroatoms. The van der Waals surface area contributed by atoms with E-state index in [4.69, 9.17) is 14.2 Å². The zero-order valence-electron chi connectivity index (χ0n) is 21.4. The first-order valence-electron chi connectivity index (χ1n) is 12.1. The molecule has 0 aliphatic heterocycles. The van der Waals surface area contributed by atoms with Gasteiger partial charge in [-0.05, 0) is 54.1 Å². The van der Waals surface area contributed by atoms with Crippen molar-refractivity contribution < 1.29 is 19.0 Å². The van der Waals surface area contributed by atoms with Crippen LogP contribution >= 0.6 is 0 Å². The van der Waals surface area contributed by atoms with E-state index in [0.29, 0.717) is 41.0 Å². The molecule has 5 rings (SSSR count). The van der Waals surface area contributed by atoms with Crippen molar-refractivity contribution in [3.63, 3.8) is 0 Å². The highest BCUT2D eigenvalue weighted by Gasteiger charge is 2.15. The average Bonchev–Trinajstić information content (AvgIpc) is 3.43. The van der Waals surface area contributed by atoms with E-state index in [2.05, 4.69) is 25.9 Å². The van der Waals surface area contributed by atoms with Gasteiger partial charge in [0.15, 0.2) is 23.0 Å². The van der Waals surface area contributed by atoms with E-state index in [9.17, 15) is 4.79 Å². The number of anilines is 3. The zero-order valence-corrected chi connectivity index (χ0v) is 21.4. The summed E-state index contributed by atoms with van der Waals surface area (Å²) in [5, 5.41) is 14.2. The standard InChI is InChI=1S/C29H26N6O4/c1-37-26-14-13-21(17-27(26)38-2)31-28-24(12-7-15-30-28)32-29(36)25-19-35(34-33-25)18-20-8-6-11-23(16-20)39-22-9-4-3-5-10-22/h3-17,19H,18H2,1-2H3,(H,30,31)(H,32,36). The lowest BCUT2D eigenvalue weighted by Crippen LogP contribution is -2.14. The first kappa shape index (κ1) is 25.3. The van der Waals surface area contributed by atoms with E-state index in [1.165, 1.54) is 0 Å². The molecule has 2 aromatic heterocycles. The molecular weight excluding hydrogens is 496 g/mol. The van der Waals surface area contributed by atoms with E-state index in [0.717, 1.165) is 11.3 Å². The van der Waals surface area contributed by atoms with Crippen molar-refractivity contribution in [2.75, 3.05) is 24.9 Å². The maximum Gasteiger partial charge on any atom is 0.277 e. The first-order chi connectivity index (χ1) is 19.1. The molecule has 0 radical (unpaired) electrons. The summed E-state index contributed by atoms with van der Waals surface area (Å²) in [4.78, 5) is 17.4. The molecule has 2 N–H and O–H groups in total. The van der Waals surface area contributed by atoms with Gasteiger partial charge in [-0.1, -0.05) is 35.5 Å². The topological polar surface area (TPSA) is 112 Å². The third kappa shape index (κ3) is 6.31. The highest BCUT2D eigenvalue weighted by Crippen LogP contribution is 2.32. The Morgan fingerprint density at radius 2 is 1.69 bits per heavy atom. The highest BCUT2D eigenvalue weighted by molar-refractivity contribution is 6.04. The van der Waals surface area contributed by atoms with Crippen LogP contribution in [0.25, 0.3) is 0 Å². The minimum absolute atomic E-state index is 0.174. The lowest BCUT2D eigenvalue weighted by Gasteiger charge is -2.13. The van der Waals surface area contributed by atoms with Crippen LogP contribution in [-0.2, 0) is 6.54 Å². The minimum Gasteiger partial charge on any atom is -0.493 e. The molecule has 0 bridgehead atoms. The molecule has 0 aliphatic rings. The quantitative estimate of drug-likeness (QED) is 0.246. The van der Waals surface area contributed by atoms with Crippen molar-refractivity contribution in [2.45, 2.75) is 6.54 Å². The molecule has 196 valence electrons. The molecular formula is C29H26N6O4. The third-order valence-electron chi connectivity index (χ3n) is 5.70. The number of aromatic nitrogens is 4. The van der Waals surface area contributed by atoms with Gasteiger partial charge in [0.05, 0.1) is 32.6 Å². The number of carbonyl (C=O) groups excluding carboxylic acids is 1. The molecule has 0 spiro atoms. The number of nitrogens with one attached hydrogen (secondary N) is 2. The Hall–Kier alpha value is -5.38. The maximum absolute atomic E-state index is 13.0. The second-order valence-electron chi connectivity index (χ2n) is 8.41. The van der Waals surface area contributed by atoms with Crippen LogP contribution < -0.4 is 24.8 Å². The van der Waals surface area contributed by atoms with Crippen LogP contribution in [0.5, 0.6) is 23.0 Å². The second kappa shape index (κ2) is 11.8. The summed E-state index contributed by atoms with van der Waals surface area (Å²) in [7, 11) is 3.14. The molecule has 0 fully saturated rings. The maximum atomic E-state index is 13.0. The lowest BCUT2D eigenvalue weighted by atomic mass is 10.2. The number of para-hydroxylation sites is 1. The van der Waals surface area contributed by atoms with Gasteiger partial charge in [-0.25, -0.2) is 9.67 Å². The molecule has 0 atom stereocenters. The number of nitrogens with zero attached hydrogens (tertiary/aromatic N) is 4. The number of hydrogen-bond donors (Lipinski definition) is 2. The Labute approximate surface area is 225 Å². The fourth-order valence-electron chi connectivity index (χ4n) is 3.84. The number of benzene rings is 3. The fraction of sp³-hybridized carbons (Fsp3) is 0.103. The molecule has 0 saturated heterocycles. The van der Waals surface area contributed by atoms with E-state index < -0.39 is 5.91 Å². The number of ether oxygens (including phenoxy) is 3. The van der Waals surface area contributed by atoms with E-state index >= 15 is 0 Å². The Kier molecular flexibility index (Phi) is 7.63. The van der Waals surface area contributed by atoms with Gasteiger partial charge in [-0.15, -0.1) is 5.10 Å². The fourth-order valence-corrected chi connectivity index (χ4v) is 3.84. The molecule has 0 unspecified atom stereocenters. The smallest absolute Gasteiger partial charge is 0.277 e. The van der Waals surface area contributed by atoms with Crippen LogP contribution in [-0.4, -0.2) is 40.1 Å². The van der Waals surface area contributed by atoms with E-state index in [1.54, 1.807) is 55.6 Å². The normalized spacial score (nSPS) is 10.5. The van der Waals surface area contributed by atoms with Crippen molar-refractivity contribution in [1.29, 1.82) is 0 Å². The van der Waals surface area contributed by atoms with E-state index in [1.807, 2.05) is 60.7 Å². The summed E-state index contributed by atoms with van der Waals surface area (Å²) in [5.41, 5.74) is 2.32. The van der Waals surface area contributed by atoms with Gasteiger partial charge in [0.25, 0.3) is 5.91 Å². The predicted octanol–water partition coefficient (Wildman–Crippen LogP) is 5.53. The highest BCUT2D eigenvalue weighted by atomic mass is 16.5. The molecule has 3 aromatic carbocycles. The lowest BCUT2D eigenvalue weighted by molar-refractivity contribution is 0.102. The van der Waals surface area contributed by atoms with Crippen molar-refractivity contribution >= 4 is 23.1 Å². The van der Waals surface area contributed by atoms with Gasteiger partial charge in [-0.2, -0.15) is 0 Å². The summed E-state index contributed by atoms with van der Waals surface area (Å²) in [5.74, 6) is 2.69. The molecule has 2 heterocycles. The Bertz CT molecular complexity index is 1570. The number of hydrogen-bond acceptors (Lipinski definition) is 8. The number of methoxy groups -OCH3 is 2. The largest absolute Gasteiger partial charge is 0.493 e. The number of rotatable bonds is 10. The van der Waals surface area contributed by atoms with E-state index in [-0.39, 0.29) is 5.69 Å². The van der Waals surface area contributed by atoms with Crippen molar-refractivity contribution in [1.82, 2.24) is 20.0 Å². The number of pyridine rings is 1. The van der Waals surface area contributed by atoms with Gasteiger partial charge in [0, 0.05) is 18.0 Å². The predicted molar refractivity (Wildman–Crippen MR) is 147 cm³/mol. The van der Waals surface area contributed by atoms with Crippen molar-refractivity contribution in [3.8, 4) is 23.0 Å². The number of carbonyl (C=O) groups is 1. The van der Waals surface area contributed by atoms with Gasteiger partial charge in [-0.3, -0.25) is 4.79 Å². The van der Waals surface area contributed by atoms with Crippen LogP contribution in [0, 0.1) is 0 Å². The van der Waals surface area contributed by atoms with Gasteiger partial charge < -0.3 is 24.8 Å². The molecule has 0 aliphatic carbocycles. The zero-order chi connectivity index (χ0) is 27.0. The number of amides is 1. The molecule has 39 heavy (non-hydrogen) atoms. The summed E-state index contributed by atoms with van der Waals surface area (Å²) >= 11 is 0. The molecule has 5 aromatic rings. The molecule has 10 nitrogen and oxygen atoms in total. The monoisotopic (exact) mass is 522 g/mol.